The van der Waals surface area contributed by atoms with Crippen molar-refractivity contribution in [3.8, 4) is 0 Å². The molecule has 1 unspecified atom stereocenters. The zero-order chi connectivity index (χ0) is 17.5. The number of hydrogen-bond donors (Lipinski definition) is 3. The minimum Gasteiger partial charge on any atom is -0.349 e. The zero-order valence-electron chi connectivity index (χ0n) is 14.1. The Balaban J connectivity index is 1.90. The van der Waals surface area contributed by atoms with E-state index in [-0.39, 0.29) is 5.91 Å². The molecule has 0 aliphatic rings. The summed E-state index contributed by atoms with van der Waals surface area (Å²) >= 11 is 1.58. The molecule has 0 aliphatic carbocycles. The standard InChI is InChI=1S/C16H23N5O2S/c1-4-13(15(22)17-10-12-7-6-8-24-12)19-16(23)20-14-11(3)9-18-21(14)5-2/h6-9,13H,4-5,10H2,1-3H3,(H,17,22)(H2,19,20,23). The SMILES string of the molecule is CCC(NC(=O)Nc1c(C)cnn1CC)C(=O)NCc1cccs1. The molecular formula is C16H23N5O2S. The van der Waals surface area contributed by atoms with Gasteiger partial charge in [-0.1, -0.05) is 13.0 Å². The monoisotopic (exact) mass is 349 g/mol. The fourth-order valence-corrected chi connectivity index (χ4v) is 2.89. The maximum atomic E-state index is 12.2. The zero-order valence-corrected chi connectivity index (χ0v) is 14.9. The summed E-state index contributed by atoms with van der Waals surface area (Å²) in [5, 5.41) is 14.5. The Bertz CT molecular complexity index is 681. The van der Waals surface area contributed by atoms with Crippen LogP contribution in [0.1, 0.15) is 30.7 Å². The summed E-state index contributed by atoms with van der Waals surface area (Å²) in [5.74, 6) is 0.450. The Morgan fingerprint density at radius 1 is 1.38 bits per heavy atom. The van der Waals surface area contributed by atoms with Gasteiger partial charge >= 0.3 is 6.03 Å². The molecule has 2 aromatic heterocycles. The average Bonchev–Trinajstić information content (AvgIpc) is 3.21. The van der Waals surface area contributed by atoms with Crippen molar-refractivity contribution < 1.29 is 9.59 Å². The van der Waals surface area contributed by atoms with E-state index in [0.717, 1.165) is 10.4 Å². The van der Waals surface area contributed by atoms with Crippen molar-refractivity contribution in [1.29, 1.82) is 0 Å². The number of urea groups is 1. The van der Waals surface area contributed by atoms with E-state index in [2.05, 4.69) is 21.0 Å². The van der Waals surface area contributed by atoms with Crippen molar-refractivity contribution in [3.05, 3.63) is 34.2 Å². The van der Waals surface area contributed by atoms with E-state index in [9.17, 15) is 9.59 Å². The van der Waals surface area contributed by atoms with Crippen molar-refractivity contribution in [1.82, 2.24) is 20.4 Å². The lowest BCUT2D eigenvalue weighted by atomic mass is 10.2. The lowest BCUT2D eigenvalue weighted by molar-refractivity contribution is -0.123. The van der Waals surface area contributed by atoms with E-state index in [1.54, 1.807) is 22.2 Å². The quantitative estimate of drug-likeness (QED) is 0.717. The summed E-state index contributed by atoms with van der Waals surface area (Å²) in [6.45, 7) is 6.80. The van der Waals surface area contributed by atoms with E-state index in [1.807, 2.05) is 38.3 Å². The van der Waals surface area contributed by atoms with Crippen LogP contribution in [-0.2, 0) is 17.9 Å². The first-order chi connectivity index (χ1) is 11.5. The van der Waals surface area contributed by atoms with Gasteiger partial charge in [-0.2, -0.15) is 5.10 Å². The molecule has 130 valence electrons. The number of aryl methyl sites for hydroxylation is 2. The highest BCUT2D eigenvalue weighted by Gasteiger charge is 2.19. The molecule has 8 heteroatoms. The number of amides is 3. The lowest BCUT2D eigenvalue weighted by Gasteiger charge is -2.17. The number of nitrogens with one attached hydrogen (secondary N) is 3. The highest BCUT2D eigenvalue weighted by molar-refractivity contribution is 7.09. The molecule has 0 saturated carbocycles. The van der Waals surface area contributed by atoms with E-state index < -0.39 is 12.1 Å². The third-order valence-corrected chi connectivity index (χ3v) is 4.48. The highest BCUT2D eigenvalue weighted by atomic mass is 32.1. The highest BCUT2D eigenvalue weighted by Crippen LogP contribution is 2.13. The maximum Gasteiger partial charge on any atom is 0.321 e. The van der Waals surface area contributed by atoms with E-state index in [0.29, 0.717) is 25.3 Å². The molecule has 7 nitrogen and oxygen atoms in total. The van der Waals surface area contributed by atoms with E-state index >= 15 is 0 Å². The van der Waals surface area contributed by atoms with Gasteiger partial charge in [0.15, 0.2) is 0 Å². The summed E-state index contributed by atoms with van der Waals surface area (Å²) < 4.78 is 1.70. The second kappa shape index (κ2) is 8.49. The minimum absolute atomic E-state index is 0.193. The van der Waals surface area contributed by atoms with Gasteiger partial charge in [-0.05, 0) is 31.7 Å². The van der Waals surface area contributed by atoms with Gasteiger partial charge in [0, 0.05) is 17.0 Å². The number of rotatable bonds is 7. The minimum atomic E-state index is -0.580. The molecule has 3 N–H and O–H groups in total. The van der Waals surface area contributed by atoms with Gasteiger partial charge < -0.3 is 10.6 Å². The molecule has 2 rings (SSSR count). The smallest absolute Gasteiger partial charge is 0.321 e. The second-order valence-corrected chi connectivity index (χ2v) is 6.38. The summed E-state index contributed by atoms with van der Waals surface area (Å²) in [6, 6.07) is 2.91. The van der Waals surface area contributed by atoms with Crippen LogP contribution in [0.2, 0.25) is 0 Å². The van der Waals surface area contributed by atoms with Crippen LogP contribution in [0.15, 0.2) is 23.7 Å². The predicted octanol–water partition coefficient (Wildman–Crippen LogP) is 2.49. The Labute approximate surface area is 145 Å². The fourth-order valence-electron chi connectivity index (χ4n) is 2.25. The number of aromatic nitrogens is 2. The van der Waals surface area contributed by atoms with Gasteiger partial charge in [0.25, 0.3) is 0 Å². The number of nitrogens with zero attached hydrogens (tertiary/aromatic N) is 2. The lowest BCUT2D eigenvalue weighted by Crippen LogP contribution is -2.47. The molecule has 2 heterocycles. The Hall–Kier alpha value is -2.35. The Morgan fingerprint density at radius 3 is 2.79 bits per heavy atom. The third-order valence-electron chi connectivity index (χ3n) is 3.60. The molecule has 0 aromatic carbocycles. The van der Waals surface area contributed by atoms with E-state index in [1.165, 1.54) is 0 Å². The number of hydrogen-bond acceptors (Lipinski definition) is 4. The molecule has 24 heavy (non-hydrogen) atoms. The predicted molar refractivity (Wildman–Crippen MR) is 95.0 cm³/mol. The summed E-state index contributed by atoms with van der Waals surface area (Å²) in [5.41, 5.74) is 0.877. The first-order valence-electron chi connectivity index (χ1n) is 7.95. The number of carbonyl (C=O) groups is 2. The number of anilines is 1. The van der Waals surface area contributed by atoms with Gasteiger partial charge in [0.1, 0.15) is 11.9 Å². The Morgan fingerprint density at radius 2 is 2.17 bits per heavy atom. The molecule has 0 aliphatic heterocycles. The van der Waals surface area contributed by atoms with Crippen LogP contribution in [0.25, 0.3) is 0 Å². The normalized spacial score (nSPS) is 11.8. The number of carbonyl (C=O) groups excluding carboxylic acids is 2. The topological polar surface area (TPSA) is 88.1 Å². The summed E-state index contributed by atoms with van der Waals surface area (Å²) in [6.07, 6.45) is 2.21. The van der Waals surface area contributed by atoms with Crippen LogP contribution in [0.4, 0.5) is 10.6 Å². The molecule has 3 amide bonds. The van der Waals surface area contributed by atoms with Gasteiger partial charge in [0.2, 0.25) is 5.91 Å². The second-order valence-electron chi connectivity index (χ2n) is 5.35. The van der Waals surface area contributed by atoms with Crippen LogP contribution >= 0.6 is 11.3 Å². The van der Waals surface area contributed by atoms with Gasteiger partial charge in [0.05, 0.1) is 12.7 Å². The molecule has 0 radical (unpaired) electrons. The van der Waals surface area contributed by atoms with Crippen molar-refractivity contribution in [2.24, 2.45) is 0 Å². The van der Waals surface area contributed by atoms with Gasteiger partial charge in [-0.25, -0.2) is 9.48 Å². The van der Waals surface area contributed by atoms with Crippen LogP contribution in [0, 0.1) is 6.92 Å². The Kier molecular flexibility index (Phi) is 6.36. The van der Waals surface area contributed by atoms with Crippen LogP contribution in [0.5, 0.6) is 0 Å². The first-order valence-corrected chi connectivity index (χ1v) is 8.83. The summed E-state index contributed by atoms with van der Waals surface area (Å²) in [4.78, 5) is 25.5. The molecule has 0 fully saturated rings. The average molecular weight is 349 g/mol. The molecule has 0 bridgehead atoms. The summed E-state index contributed by atoms with van der Waals surface area (Å²) in [7, 11) is 0. The largest absolute Gasteiger partial charge is 0.349 e. The fraction of sp³-hybridized carbons (Fsp3) is 0.438. The number of thiophene rings is 1. The molecule has 0 spiro atoms. The van der Waals surface area contributed by atoms with Gasteiger partial charge in [-0.15, -0.1) is 11.3 Å². The molecule has 1 atom stereocenters. The molecule has 2 aromatic rings. The third kappa shape index (κ3) is 4.58. The molecule has 0 saturated heterocycles. The maximum absolute atomic E-state index is 12.2. The first kappa shape index (κ1) is 18.0. The van der Waals surface area contributed by atoms with Crippen molar-refractivity contribution in [2.45, 2.75) is 46.3 Å². The van der Waals surface area contributed by atoms with Crippen molar-refractivity contribution in [2.75, 3.05) is 5.32 Å². The van der Waals surface area contributed by atoms with Gasteiger partial charge in [-0.3, -0.25) is 10.1 Å². The van der Waals surface area contributed by atoms with Crippen LogP contribution in [-0.4, -0.2) is 27.8 Å². The van der Waals surface area contributed by atoms with E-state index in [4.69, 9.17) is 0 Å². The molecular weight excluding hydrogens is 326 g/mol. The van der Waals surface area contributed by atoms with Crippen molar-refractivity contribution >= 4 is 29.1 Å². The van der Waals surface area contributed by atoms with Crippen molar-refractivity contribution in [3.63, 3.8) is 0 Å². The van der Waals surface area contributed by atoms with Crippen LogP contribution in [0.3, 0.4) is 0 Å². The van der Waals surface area contributed by atoms with Crippen LogP contribution < -0.4 is 16.0 Å².